The Morgan fingerprint density at radius 2 is 1.76 bits per heavy atom. The quantitative estimate of drug-likeness (QED) is 0.214. The minimum atomic E-state index is -0.275. The minimum Gasteiger partial charge on any atom is -0.272 e. The van der Waals surface area contributed by atoms with Crippen LogP contribution < -0.4 is 5.43 Å². The maximum Gasteiger partial charge on any atom is 0.250 e. The maximum atomic E-state index is 12.5. The van der Waals surface area contributed by atoms with Crippen LogP contribution in [0.15, 0.2) is 83.3 Å². The third kappa shape index (κ3) is 5.60. The molecule has 1 N–H and O–H groups in total. The second-order valence-electron chi connectivity index (χ2n) is 6.85. The van der Waals surface area contributed by atoms with Gasteiger partial charge in [0.1, 0.15) is 0 Å². The van der Waals surface area contributed by atoms with Crippen molar-refractivity contribution >= 4 is 46.6 Å². The highest BCUT2D eigenvalue weighted by Gasteiger charge is 2.17. The lowest BCUT2D eigenvalue weighted by molar-refractivity contribution is -0.118. The molecule has 0 atom stereocenters. The number of pyridine rings is 1. The van der Waals surface area contributed by atoms with Crippen molar-refractivity contribution in [3.05, 3.63) is 88.7 Å². The summed E-state index contributed by atoms with van der Waals surface area (Å²) in [5.74, 6) is 0.458. The van der Waals surface area contributed by atoms with Crippen LogP contribution in [0.4, 0.5) is 0 Å². The Kier molecular flexibility index (Phi) is 7.39. The van der Waals surface area contributed by atoms with Gasteiger partial charge < -0.3 is 0 Å². The predicted molar refractivity (Wildman–Crippen MR) is 132 cm³/mol. The molecule has 1 amide bonds. The number of rotatable bonds is 7. The standard InChI is InChI=1S/C23H18Cl2N6OS/c1-15(19-4-2-3-5-20(19)25)27-28-21(32)14-33-23-30-29-22(16-10-12-26-13-11-16)31(23)18-8-6-17(24)7-9-18/h2-13H,14H2,1H3,(H,28,32)/b27-15-. The number of carbonyl (C=O) groups is 1. The first-order chi connectivity index (χ1) is 16.0. The highest BCUT2D eigenvalue weighted by atomic mass is 35.5. The van der Waals surface area contributed by atoms with E-state index in [1.807, 2.05) is 47.0 Å². The molecule has 0 bridgehead atoms. The van der Waals surface area contributed by atoms with E-state index < -0.39 is 0 Å². The molecule has 4 rings (SSSR count). The van der Waals surface area contributed by atoms with Crippen molar-refractivity contribution in [3.63, 3.8) is 0 Å². The minimum absolute atomic E-state index is 0.0986. The Morgan fingerprint density at radius 3 is 2.48 bits per heavy atom. The zero-order valence-electron chi connectivity index (χ0n) is 17.4. The molecular formula is C23H18Cl2N6OS. The van der Waals surface area contributed by atoms with Crippen molar-refractivity contribution in [2.75, 3.05) is 5.75 Å². The third-order valence-corrected chi connectivity index (χ3v) is 6.11. The van der Waals surface area contributed by atoms with Crippen LogP contribution in [-0.4, -0.2) is 37.1 Å². The summed E-state index contributed by atoms with van der Waals surface area (Å²) >= 11 is 13.5. The summed E-state index contributed by atoms with van der Waals surface area (Å²) in [5, 5.41) is 14.6. The number of amides is 1. The van der Waals surface area contributed by atoms with Crippen LogP contribution >= 0.6 is 35.0 Å². The van der Waals surface area contributed by atoms with E-state index in [4.69, 9.17) is 23.2 Å². The topological polar surface area (TPSA) is 85.1 Å². The van der Waals surface area contributed by atoms with Gasteiger partial charge >= 0.3 is 0 Å². The van der Waals surface area contributed by atoms with Crippen LogP contribution in [0.25, 0.3) is 17.1 Å². The van der Waals surface area contributed by atoms with Crippen molar-refractivity contribution in [2.24, 2.45) is 5.10 Å². The van der Waals surface area contributed by atoms with Crippen molar-refractivity contribution < 1.29 is 4.79 Å². The molecule has 166 valence electrons. The average Bonchev–Trinajstić information content (AvgIpc) is 3.26. The third-order valence-electron chi connectivity index (χ3n) is 4.60. The van der Waals surface area contributed by atoms with Crippen LogP contribution in [0, 0.1) is 0 Å². The normalized spacial score (nSPS) is 11.4. The number of halogens is 2. The number of hydrazone groups is 1. The van der Waals surface area contributed by atoms with Gasteiger partial charge in [0, 0.05) is 39.3 Å². The van der Waals surface area contributed by atoms with E-state index in [-0.39, 0.29) is 11.7 Å². The van der Waals surface area contributed by atoms with Gasteiger partial charge in [-0.25, -0.2) is 5.43 Å². The fourth-order valence-electron chi connectivity index (χ4n) is 3.00. The molecule has 0 radical (unpaired) electrons. The summed E-state index contributed by atoms with van der Waals surface area (Å²) in [6.45, 7) is 1.78. The summed E-state index contributed by atoms with van der Waals surface area (Å²) in [6, 6.07) is 18.4. The lowest BCUT2D eigenvalue weighted by atomic mass is 10.1. The SMILES string of the molecule is C/C(=N/NC(=O)CSc1nnc(-c2ccncc2)n1-c1ccc(Cl)cc1)c1ccccc1Cl. The molecule has 2 aromatic heterocycles. The number of nitrogens with zero attached hydrogens (tertiary/aromatic N) is 5. The highest BCUT2D eigenvalue weighted by molar-refractivity contribution is 7.99. The number of aromatic nitrogens is 4. The summed E-state index contributed by atoms with van der Waals surface area (Å²) in [4.78, 5) is 16.5. The fourth-order valence-corrected chi connectivity index (χ4v) is 4.14. The number of benzene rings is 2. The molecule has 0 saturated carbocycles. The van der Waals surface area contributed by atoms with Crippen molar-refractivity contribution in [2.45, 2.75) is 12.1 Å². The van der Waals surface area contributed by atoms with E-state index in [2.05, 4.69) is 25.7 Å². The summed E-state index contributed by atoms with van der Waals surface area (Å²) in [5.41, 5.74) is 5.62. The highest BCUT2D eigenvalue weighted by Crippen LogP contribution is 2.28. The van der Waals surface area contributed by atoms with E-state index in [1.54, 1.807) is 37.5 Å². The molecule has 4 aromatic rings. The number of carbonyl (C=O) groups excluding carboxylic acids is 1. The van der Waals surface area contributed by atoms with Gasteiger partial charge in [-0.1, -0.05) is 53.2 Å². The number of hydrogen-bond donors (Lipinski definition) is 1. The summed E-state index contributed by atoms with van der Waals surface area (Å²) < 4.78 is 1.88. The smallest absolute Gasteiger partial charge is 0.250 e. The Morgan fingerprint density at radius 1 is 1.03 bits per heavy atom. The molecule has 2 heterocycles. The monoisotopic (exact) mass is 496 g/mol. The molecule has 0 aliphatic carbocycles. The maximum absolute atomic E-state index is 12.5. The Balaban J connectivity index is 1.53. The van der Waals surface area contributed by atoms with Crippen molar-refractivity contribution in [3.8, 4) is 17.1 Å². The first-order valence-corrected chi connectivity index (χ1v) is 11.6. The van der Waals surface area contributed by atoms with Gasteiger partial charge in [-0.15, -0.1) is 10.2 Å². The lowest BCUT2D eigenvalue weighted by Gasteiger charge is -2.10. The molecule has 2 aromatic carbocycles. The van der Waals surface area contributed by atoms with Gasteiger partial charge in [0.15, 0.2) is 11.0 Å². The molecule has 10 heteroatoms. The second-order valence-corrected chi connectivity index (χ2v) is 8.64. The van der Waals surface area contributed by atoms with Gasteiger partial charge in [-0.05, 0) is 49.4 Å². The molecule has 0 saturated heterocycles. The van der Waals surface area contributed by atoms with E-state index in [0.717, 1.165) is 16.8 Å². The van der Waals surface area contributed by atoms with Gasteiger partial charge in [0.05, 0.1) is 11.5 Å². The van der Waals surface area contributed by atoms with E-state index >= 15 is 0 Å². The second kappa shape index (κ2) is 10.6. The Hall–Kier alpha value is -3.20. The first-order valence-electron chi connectivity index (χ1n) is 9.85. The van der Waals surface area contributed by atoms with Crippen LogP contribution in [0.2, 0.25) is 10.0 Å². The largest absolute Gasteiger partial charge is 0.272 e. The van der Waals surface area contributed by atoms with Crippen LogP contribution in [0.5, 0.6) is 0 Å². The van der Waals surface area contributed by atoms with Gasteiger partial charge in [0.25, 0.3) is 5.91 Å². The number of nitrogens with one attached hydrogen (secondary N) is 1. The molecule has 0 unspecified atom stereocenters. The molecule has 33 heavy (non-hydrogen) atoms. The fraction of sp³-hybridized carbons (Fsp3) is 0.0870. The molecular weight excluding hydrogens is 479 g/mol. The van der Waals surface area contributed by atoms with E-state index in [1.165, 1.54) is 11.8 Å². The molecule has 7 nitrogen and oxygen atoms in total. The van der Waals surface area contributed by atoms with Gasteiger partial charge in [-0.2, -0.15) is 5.10 Å². The van der Waals surface area contributed by atoms with E-state index in [9.17, 15) is 4.79 Å². The van der Waals surface area contributed by atoms with Crippen molar-refractivity contribution in [1.82, 2.24) is 25.2 Å². The average molecular weight is 497 g/mol. The van der Waals surface area contributed by atoms with Crippen LogP contribution in [0.3, 0.4) is 0 Å². The summed E-state index contributed by atoms with van der Waals surface area (Å²) in [6.07, 6.45) is 3.38. The van der Waals surface area contributed by atoms with Crippen LogP contribution in [0.1, 0.15) is 12.5 Å². The first kappa shape index (κ1) is 23.0. The lowest BCUT2D eigenvalue weighted by Crippen LogP contribution is -2.21. The molecule has 0 aliphatic rings. The summed E-state index contributed by atoms with van der Waals surface area (Å²) in [7, 11) is 0. The van der Waals surface area contributed by atoms with Crippen molar-refractivity contribution in [1.29, 1.82) is 0 Å². The van der Waals surface area contributed by atoms with Gasteiger partial charge in [0.2, 0.25) is 0 Å². The molecule has 0 aliphatic heterocycles. The predicted octanol–water partition coefficient (Wildman–Crippen LogP) is 5.27. The zero-order chi connectivity index (χ0) is 23.2. The molecule has 0 spiro atoms. The number of hydrogen-bond acceptors (Lipinski definition) is 6. The Bertz CT molecular complexity index is 1290. The Labute approximate surface area is 204 Å². The zero-order valence-corrected chi connectivity index (χ0v) is 19.8. The van der Waals surface area contributed by atoms with Crippen LogP contribution in [-0.2, 0) is 4.79 Å². The van der Waals surface area contributed by atoms with E-state index in [0.29, 0.717) is 26.7 Å². The number of thioether (sulfide) groups is 1. The van der Waals surface area contributed by atoms with Gasteiger partial charge in [-0.3, -0.25) is 14.3 Å². The molecule has 0 fully saturated rings.